The van der Waals surface area contributed by atoms with Gasteiger partial charge >= 0.3 is 6.03 Å². The second-order valence-electron chi connectivity index (χ2n) is 7.16. The monoisotopic (exact) mass is 459 g/mol. The Kier molecular flexibility index (Phi) is 5.62. The predicted octanol–water partition coefficient (Wildman–Crippen LogP) is 4.00. The third-order valence-corrected chi connectivity index (χ3v) is 5.48. The summed E-state index contributed by atoms with van der Waals surface area (Å²) in [6.45, 7) is 2.94. The van der Waals surface area contributed by atoms with Crippen molar-refractivity contribution in [2.75, 3.05) is 18.5 Å². The van der Waals surface area contributed by atoms with Crippen LogP contribution < -0.4 is 25.4 Å². The van der Waals surface area contributed by atoms with Gasteiger partial charge in [0.05, 0.1) is 6.04 Å². The fourth-order valence-electron chi connectivity index (χ4n) is 3.05. The van der Waals surface area contributed by atoms with Gasteiger partial charge in [-0.1, -0.05) is 15.9 Å². The van der Waals surface area contributed by atoms with Gasteiger partial charge in [0, 0.05) is 21.8 Å². The first-order valence-electron chi connectivity index (χ1n) is 9.57. The van der Waals surface area contributed by atoms with Crippen molar-refractivity contribution in [3.8, 4) is 11.5 Å². The van der Waals surface area contributed by atoms with Gasteiger partial charge in [-0.25, -0.2) is 4.79 Å². The Morgan fingerprint density at radius 3 is 2.38 bits per heavy atom. The van der Waals surface area contributed by atoms with Crippen LogP contribution in [0.2, 0.25) is 0 Å². The lowest BCUT2D eigenvalue weighted by molar-refractivity contribution is 0.0939. The number of halogens is 1. The minimum Gasteiger partial charge on any atom is -0.486 e. The molecule has 0 spiro atoms. The predicted molar refractivity (Wildman–Crippen MR) is 113 cm³/mol. The molecule has 1 fully saturated rings. The molecule has 1 unspecified atom stereocenters. The summed E-state index contributed by atoms with van der Waals surface area (Å²) in [4.78, 5) is 24.4. The van der Waals surface area contributed by atoms with E-state index >= 15 is 0 Å². The first-order chi connectivity index (χ1) is 14.0. The number of ether oxygens (including phenoxy) is 2. The van der Waals surface area contributed by atoms with Gasteiger partial charge in [-0.05, 0) is 61.7 Å². The highest BCUT2D eigenvalue weighted by atomic mass is 79.9. The number of amides is 3. The first-order valence-corrected chi connectivity index (χ1v) is 10.4. The summed E-state index contributed by atoms with van der Waals surface area (Å²) in [5.74, 6) is 1.17. The normalized spacial score (nSPS) is 15.9. The molecule has 1 aliphatic heterocycles. The quantitative estimate of drug-likeness (QED) is 0.630. The summed E-state index contributed by atoms with van der Waals surface area (Å²) >= 11 is 3.54. The summed E-state index contributed by atoms with van der Waals surface area (Å²) < 4.78 is 12.1. The van der Waals surface area contributed by atoms with Crippen molar-refractivity contribution < 1.29 is 19.1 Å². The smallest absolute Gasteiger partial charge is 0.319 e. The summed E-state index contributed by atoms with van der Waals surface area (Å²) in [5.41, 5.74) is 2.05. The highest BCUT2D eigenvalue weighted by Gasteiger charge is 2.23. The molecule has 3 N–H and O–H groups in total. The number of urea groups is 1. The molecule has 1 aliphatic carbocycles. The molecule has 1 saturated carbocycles. The number of nitrogens with one attached hydrogen (secondary N) is 3. The number of rotatable bonds is 5. The minimum absolute atomic E-state index is 0.201. The van der Waals surface area contributed by atoms with Gasteiger partial charge in [-0.3, -0.25) is 4.79 Å². The Balaban J connectivity index is 1.39. The molecule has 0 saturated heterocycles. The van der Waals surface area contributed by atoms with E-state index in [2.05, 4.69) is 31.9 Å². The van der Waals surface area contributed by atoms with Crippen LogP contribution in [0.3, 0.4) is 0 Å². The zero-order valence-electron chi connectivity index (χ0n) is 16.0. The molecule has 1 heterocycles. The number of anilines is 1. The molecule has 1 atom stereocenters. The highest BCUT2D eigenvalue weighted by molar-refractivity contribution is 9.10. The zero-order valence-corrected chi connectivity index (χ0v) is 17.5. The van der Waals surface area contributed by atoms with Gasteiger partial charge in [0.1, 0.15) is 13.2 Å². The summed E-state index contributed by atoms with van der Waals surface area (Å²) in [6.07, 6.45) is 2.06. The lowest BCUT2D eigenvalue weighted by atomic mass is 10.1. The number of benzene rings is 2. The van der Waals surface area contributed by atoms with Crippen molar-refractivity contribution in [1.29, 1.82) is 0 Å². The molecule has 8 heteroatoms. The van der Waals surface area contributed by atoms with Gasteiger partial charge in [-0.2, -0.15) is 0 Å². The van der Waals surface area contributed by atoms with Gasteiger partial charge in [-0.15, -0.1) is 0 Å². The maximum Gasteiger partial charge on any atom is 0.319 e. The van der Waals surface area contributed by atoms with E-state index in [1.165, 1.54) is 0 Å². The summed E-state index contributed by atoms with van der Waals surface area (Å²) in [5, 5.41) is 8.62. The SMILES string of the molecule is CC(NC(=O)c1ccc(NC(=O)NC2CC2)cc1)c1cc2c(cc1Br)OCCO2. The highest BCUT2D eigenvalue weighted by Crippen LogP contribution is 2.37. The van der Waals surface area contributed by atoms with Crippen molar-refractivity contribution in [2.45, 2.75) is 31.8 Å². The average molecular weight is 460 g/mol. The van der Waals surface area contributed by atoms with E-state index in [-0.39, 0.29) is 18.0 Å². The van der Waals surface area contributed by atoms with Crippen LogP contribution in [0.15, 0.2) is 40.9 Å². The third-order valence-electron chi connectivity index (χ3n) is 4.79. The lowest BCUT2D eigenvalue weighted by Crippen LogP contribution is -2.30. The van der Waals surface area contributed by atoms with Crippen molar-refractivity contribution >= 4 is 33.6 Å². The van der Waals surface area contributed by atoms with Gasteiger partial charge in [0.2, 0.25) is 0 Å². The van der Waals surface area contributed by atoms with E-state index in [1.54, 1.807) is 24.3 Å². The third kappa shape index (κ3) is 4.82. The number of fused-ring (bicyclic) bond motifs is 1. The van der Waals surface area contributed by atoms with Crippen LogP contribution in [0.5, 0.6) is 11.5 Å². The first kappa shape index (κ1) is 19.6. The van der Waals surface area contributed by atoms with Crippen LogP contribution >= 0.6 is 15.9 Å². The molecule has 152 valence electrons. The average Bonchev–Trinajstić information content (AvgIpc) is 3.51. The van der Waals surface area contributed by atoms with Crippen molar-refractivity contribution in [2.24, 2.45) is 0 Å². The van der Waals surface area contributed by atoms with Crippen LogP contribution in [0, 0.1) is 0 Å². The molecule has 2 aliphatic rings. The fraction of sp³-hybridized carbons (Fsp3) is 0.333. The molecule has 0 bridgehead atoms. The van der Waals surface area contributed by atoms with Crippen molar-refractivity contribution in [1.82, 2.24) is 10.6 Å². The molecular formula is C21H22BrN3O4. The van der Waals surface area contributed by atoms with E-state index in [1.807, 2.05) is 19.1 Å². The van der Waals surface area contributed by atoms with Crippen LogP contribution in [0.4, 0.5) is 10.5 Å². The minimum atomic E-state index is -0.241. The second kappa shape index (κ2) is 8.32. The Labute approximate surface area is 177 Å². The molecular weight excluding hydrogens is 438 g/mol. The van der Waals surface area contributed by atoms with Crippen LogP contribution in [0.1, 0.15) is 41.7 Å². The maximum atomic E-state index is 12.6. The molecule has 4 rings (SSSR count). The fourth-order valence-corrected chi connectivity index (χ4v) is 3.72. The number of hydrogen-bond acceptors (Lipinski definition) is 4. The van der Waals surface area contributed by atoms with Crippen LogP contribution in [-0.4, -0.2) is 31.2 Å². The van der Waals surface area contributed by atoms with Crippen molar-refractivity contribution in [3.05, 3.63) is 52.0 Å². The molecule has 29 heavy (non-hydrogen) atoms. The topological polar surface area (TPSA) is 88.7 Å². The summed E-state index contributed by atoms with van der Waals surface area (Å²) in [7, 11) is 0. The molecule has 7 nitrogen and oxygen atoms in total. The standard InChI is InChI=1S/C21H22BrN3O4/c1-12(16-10-18-19(11-17(16)22)29-9-8-28-18)23-20(26)13-2-4-14(5-3-13)24-21(27)25-15-6-7-15/h2-5,10-12,15H,6-9H2,1H3,(H,23,26)(H2,24,25,27). The van der Waals surface area contributed by atoms with Gasteiger partial charge < -0.3 is 25.4 Å². The number of carbonyl (C=O) groups is 2. The van der Waals surface area contributed by atoms with E-state index in [0.29, 0.717) is 42.0 Å². The zero-order chi connectivity index (χ0) is 20.4. The summed E-state index contributed by atoms with van der Waals surface area (Å²) in [6, 6.07) is 10.4. The molecule has 2 aromatic carbocycles. The van der Waals surface area contributed by atoms with Gasteiger partial charge in [0.15, 0.2) is 11.5 Å². The maximum absolute atomic E-state index is 12.6. The molecule has 0 aromatic heterocycles. The van der Waals surface area contributed by atoms with E-state index in [9.17, 15) is 9.59 Å². The Bertz CT molecular complexity index is 928. The van der Waals surface area contributed by atoms with Crippen LogP contribution in [-0.2, 0) is 0 Å². The number of hydrogen-bond donors (Lipinski definition) is 3. The van der Waals surface area contributed by atoms with Crippen molar-refractivity contribution in [3.63, 3.8) is 0 Å². The molecule has 0 radical (unpaired) electrons. The lowest BCUT2D eigenvalue weighted by Gasteiger charge is -2.22. The molecule has 3 amide bonds. The van der Waals surface area contributed by atoms with Crippen LogP contribution in [0.25, 0.3) is 0 Å². The largest absolute Gasteiger partial charge is 0.486 e. The Morgan fingerprint density at radius 2 is 1.72 bits per heavy atom. The molecule has 2 aromatic rings. The van der Waals surface area contributed by atoms with Gasteiger partial charge in [0.25, 0.3) is 5.91 Å². The van der Waals surface area contributed by atoms with E-state index < -0.39 is 0 Å². The van der Waals surface area contributed by atoms with E-state index in [4.69, 9.17) is 9.47 Å². The Hall–Kier alpha value is -2.74. The Morgan fingerprint density at radius 1 is 1.07 bits per heavy atom. The number of carbonyl (C=O) groups excluding carboxylic acids is 2. The second-order valence-corrected chi connectivity index (χ2v) is 8.02. The van der Waals surface area contributed by atoms with E-state index in [0.717, 1.165) is 22.9 Å².